The molecule has 0 aliphatic carbocycles. The van der Waals surface area contributed by atoms with Crippen molar-refractivity contribution in [2.24, 2.45) is 4.99 Å². The van der Waals surface area contributed by atoms with Crippen molar-refractivity contribution in [2.75, 3.05) is 40.3 Å². The van der Waals surface area contributed by atoms with Gasteiger partial charge in [0, 0.05) is 45.8 Å². The van der Waals surface area contributed by atoms with Crippen molar-refractivity contribution in [3.8, 4) is 0 Å². The lowest BCUT2D eigenvalue weighted by molar-refractivity contribution is 0.0230. The van der Waals surface area contributed by atoms with Crippen molar-refractivity contribution in [2.45, 2.75) is 71.1 Å². The molecule has 0 aromatic carbocycles. The lowest BCUT2D eigenvalue weighted by Crippen LogP contribution is -2.49. The van der Waals surface area contributed by atoms with Crippen LogP contribution >= 0.6 is 0 Å². The van der Waals surface area contributed by atoms with E-state index in [0.717, 1.165) is 19.3 Å². The highest BCUT2D eigenvalue weighted by Crippen LogP contribution is 2.13. The number of hydrogen-bond acceptors (Lipinski definition) is 4. The zero-order valence-corrected chi connectivity index (χ0v) is 18.1. The summed E-state index contributed by atoms with van der Waals surface area (Å²) in [6.07, 6.45) is -0.252. The smallest absolute Gasteiger partial charge is 0.410 e. The van der Waals surface area contributed by atoms with E-state index >= 15 is 0 Å². The summed E-state index contributed by atoms with van der Waals surface area (Å²) in [6.45, 7) is 9.34. The maximum absolute atomic E-state index is 12.5. The number of rotatable bonds is 7. The van der Waals surface area contributed by atoms with Gasteiger partial charge in [0.2, 0.25) is 0 Å². The molecule has 0 radical (unpaired) electrons. The first kappa shape index (κ1) is 24.4. The molecular formula is C19H37F2N5O2. The molecule has 1 atom stereocenters. The topological polar surface area (TPSA) is 69.2 Å². The SMILES string of the molecule is CN=C(NCCC(C)N(C)C(=O)OC(C)(C)C)NC1CCN(CC(F)F)CC1. The molecule has 0 aromatic rings. The van der Waals surface area contributed by atoms with Crippen LogP contribution in [-0.2, 0) is 4.74 Å². The number of likely N-dealkylation sites (tertiary alicyclic amines) is 1. The minimum absolute atomic E-state index is 0.0121. The fourth-order valence-electron chi connectivity index (χ4n) is 2.95. The molecule has 2 N–H and O–H groups in total. The number of halogens is 2. The van der Waals surface area contributed by atoms with Crippen molar-refractivity contribution in [1.82, 2.24) is 20.4 Å². The van der Waals surface area contributed by atoms with Gasteiger partial charge in [0.1, 0.15) is 5.60 Å². The van der Waals surface area contributed by atoms with E-state index in [1.54, 1.807) is 23.9 Å². The molecule has 9 heteroatoms. The van der Waals surface area contributed by atoms with Crippen molar-refractivity contribution in [1.29, 1.82) is 0 Å². The maximum Gasteiger partial charge on any atom is 0.410 e. The van der Waals surface area contributed by atoms with Crippen LogP contribution < -0.4 is 10.6 Å². The van der Waals surface area contributed by atoms with Gasteiger partial charge in [-0.05, 0) is 47.0 Å². The largest absolute Gasteiger partial charge is 0.444 e. The highest BCUT2D eigenvalue weighted by Gasteiger charge is 2.24. The van der Waals surface area contributed by atoms with Gasteiger partial charge in [0.25, 0.3) is 6.43 Å². The molecular weight excluding hydrogens is 368 g/mol. The summed E-state index contributed by atoms with van der Waals surface area (Å²) in [4.78, 5) is 19.7. The fraction of sp³-hybridized carbons (Fsp3) is 0.895. The van der Waals surface area contributed by atoms with E-state index in [4.69, 9.17) is 4.74 Å². The fourth-order valence-corrected chi connectivity index (χ4v) is 2.95. The molecule has 0 bridgehead atoms. The van der Waals surface area contributed by atoms with E-state index in [1.165, 1.54) is 0 Å². The molecule has 1 unspecified atom stereocenters. The summed E-state index contributed by atoms with van der Waals surface area (Å²) < 4.78 is 30.3. The quantitative estimate of drug-likeness (QED) is 0.503. The highest BCUT2D eigenvalue weighted by molar-refractivity contribution is 5.79. The summed E-state index contributed by atoms with van der Waals surface area (Å²) in [6, 6.07) is 0.236. The number of alkyl halides is 2. The van der Waals surface area contributed by atoms with Crippen LogP contribution in [0.15, 0.2) is 4.99 Å². The van der Waals surface area contributed by atoms with Gasteiger partial charge in [-0.25, -0.2) is 13.6 Å². The second-order valence-corrected chi connectivity index (χ2v) is 8.34. The molecule has 1 rings (SSSR count). The van der Waals surface area contributed by atoms with Crippen LogP contribution in [0.5, 0.6) is 0 Å². The number of guanidine groups is 1. The Balaban J connectivity index is 2.32. The number of nitrogens with one attached hydrogen (secondary N) is 2. The molecule has 0 saturated carbocycles. The van der Waals surface area contributed by atoms with Crippen molar-refractivity contribution in [3.05, 3.63) is 0 Å². The molecule has 1 aliphatic rings. The molecule has 1 amide bonds. The lowest BCUT2D eigenvalue weighted by Gasteiger charge is -2.33. The van der Waals surface area contributed by atoms with E-state index in [1.807, 2.05) is 27.7 Å². The summed E-state index contributed by atoms with van der Waals surface area (Å²) in [5.74, 6) is 0.694. The van der Waals surface area contributed by atoms with Gasteiger partial charge in [-0.1, -0.05) is 0 Å². The molecule has 164 valence electrons. The first-order chi connectivity index (χ1) is 13.0. The van der Waals surface area contributed by atoms with Crippen LogP contribution in [0, 0.1) is 0 Å². The molecule has 1 saturated heterocycles. The van der Waals surface area contributed by atoms with Crippen LogP contribution in [-0.4, -0.2) is 86.2 Å². The third kappa shape index (κ3) is 9.52. The lowest BCUT2D eigenvalue weighted by atomic mass is 10.1. The molecule has 7 nitrogen and oxygen atoms in total. The summed E-state index contributed by atoms with van der Waals surface area (Å²) in [7, 11) is 3.44. The zero-order chi connectivity index (χ0) is 21.3. The van der Waals surface area contributed by atoms with E-state index < -0.39 is 12.0 Å². The van der Waals surface area contributed by atoms with Crippen LogP contribution in [0.3, 0.4) is 0 Å². The average Bonchev–Trinajstić information content (AvgIpc) is 2.59. The number of amides is 1. The predicted molar refractivity (Wildman–Crippen MR) is 108 cm³/mol. The molecule has 1 heterocycles. The van der Waals surface area contributed by atoms with E-state index in [9.17, 15) is 13.6 Å². The van der Waals surface area contributed by atoms with Crippen LogP contribution in [0.1, 0.15) is 47.0 Å². The monoisotopic (exact) mass is 405 g/mol. The Kier molecular flexibility index (Phi) is 9.92. The van der Waals surface area contributed by atoms with Crippen LogP contribution in [0.25, 0.3) is 0 Å². The number of hydrogen-bond donors (Lipinski definition) is 2. The minimum Gasteiger partial charge on any atom is -0.444 e. The second-order valence-electron chi connectivity index (χ2n) is 8.34. The average molecular weight is 406 g/mol. The third-order valence-corrected chi connectivity index (χ3v) is 4.75. The Labute approximate surface area is 167 Å². The third-order valence-electron chi connectivity index (χ3n) is 4.75. The molecule has 1 aliphatic heterocycles. The van der Waals surface area contributed by atoms with Crippen molar-refractivity contribution >= 4 is 12.1 Å². The number of carbonyl (C=O) groups is 1. The molecule has 1 fully saturated rings. The number of nitrogens with zero attached hydrogens (tertiary/aromatic N) is 3. The normalized spacial score (nSPS) is 18.1. The number of ether oxygens (including phenoxy) is 1. The van der Waals surface area contributed by atoms with Gasteiger partial charge >= 0.3 is 6.09 Å². The van der Waals surface area contributed by atoms with Gasteiger partial charge in [0.05, 0.1) is 6.54 Å². The van der Waals surface area contributed by atoms with Crippen molar-refractivity contribution in [3.63, 3.8) is 0 Å². The van der Waals surface area contributed by atoms with E-state index in [0.29, 0.717) is 25.6 Å². The molecule has 0 aromatic heterocycles. The van der Waals surface area contributed by atoms with Gasteiger partial charge in [-0.2, -0.15) is 0 Å². The Morgan fingerprint density at radius 1 is 1.32 bits per heavy atom. The van der Waals surface area contributed by atoms with Gasteiger partial charge < -0.3 is 20.3 Å². The maximum atomic E-state index is 12.5. The Hall–Kier alpha value is -1.64. The standard InChI is InChI=1S/C19H37F2N5O2/c1-14(25(6)18(27)28-19(2,3)4)7-10-23-17(22-5)24-15-8-11-26(12-9-15)13-16(20)21/h14-16H,7-13H2,1-6H3,(H2,22,23,24). The van der Waals surface area contributed by atoms with Crippen molar-refractivity contribution < 1.29 is 18.3 Å². The highest BCUT2D eigenvalue weighted by atomic mass is 19.3. The predicted octanol–water partition coefficient (Wildman–Crippen LogP) is 2.53. The number of aliphatic imine (C=N–C) groups is 1. The molecule has 0 spiro atoms. The Bertz CT molecular complexity index is 503. The summed E-state index contributed by atoms with van der Waals surface area (Å²) in [5, 5.41) is 6.62. The first-order valence-electron chi connectivity index (χ1n) is 9.95. The summed E-state index contributed by atoms with van der Waals surface area (Å²) in [5.41, 5.74) is -0.514. The first-order valence-corrected chi connectivity index (χ1v) is 9.95. The Morgan fingerprint density at radius 2 is 1.93 bits per heavy atom. The minimum atomic E-state index is -2.28. The Morgan fingerprint density at radius 3 is 2.43 bits per heavy atom. The van der Waals surface area contributed by atoms with E-state index in [2.05, 4.69) is 15.6 Å². The van der Waals surface area contributed by atoms with Gasteiger partial charge in [0.15, 0.2) is 5.96 Å². The van der Waals surface area contributed by atoms with E-state index in [-0.39, 0.29) is 24.7 Å². The second kappa shape index (κ2) is 11.4. The zero-order valence-electron chi connectivity index (χ0n) is 18.1. The van der Waals surface area contributed by atoms with Crippen LogP contribution in [0.2, 0.25) is 0 Å². The number of piperidine rings is 1. The van der Waals surface area contributed by atoms with Crippen LogP contribution in [0.4, 0.5) is 13.6 Å². The van der Waals surface area contributed by atoms with Gasteiger partial charge in [-0.3, -0.25) is 9.89 Å². The molecule has 28 heavy (non-hydrogen) atoms. The summed E-state index contributed by atoms with van der Waals surface area (Å²) >= 11 is 0. The van der Waals surface area contributed by atoms with Gasteiger partial charge in [-0.15, -0.1) is 0 Å². The number of carbonyl (C=O) groups excluding carboxylic acids is 1.